The predicted molar refractivity (Wildman–Crippen MR) is 101 cm³/mol. The molecule has 0 fully saturated rings. The van der Waals surface area contributed by atoms with E-state index in [1.54, 1.807) is 36.4 Å². The number of ether oxygens (including phenoxy) is 2. The van der Waals surface area contributed by atoms with Gasteiger partial charge in [0.05, 0.1) is 15.7 Å². The Hall–Kier alpha value is -2.70. The van der Waals surface area contributed by atoms with Crippen molar-refractivity contribution in [3.63, 3.8) is 0 Å². The molecule has 1 aliphatic heterocycles. The molecule has 3 rings (SSSR count). The van der Waals surface area contributed by atoms with Gasteiger partial charge >= 0.3 is 0 Å². The van der Waals surface area contributed by atoms with E-state index in [2.05, 4.69) is 10.6 Å². The molecule has 0 aliphatic carbocycles. The normalized spacial score (nSPS) is 12.3. The molecule has 1 aliphatic rings. The number of rotatable bonds is 4. The Morgan fingerprint density at radius 2 is 1.88 bits per heavy atom. The molecular formula is C18H14Cl2N2O4. The van der Waals surface area contributed by atoms with E-state index in [9.17, 15) is 9.59 Å². The number of carbonyl (C=O) groups is 2. The summed E-state index contributed by atoms with van der Waals surface area (Å²) in [6.45, 7) is 1.51. The first-order valence-corrected chi connectivity index (χ1v) is 8.33. The molecule has 0 aromatic heterocycles. The van der Waals surface area contributed by atoms with Crippen LogP contribution in [-0.4, -0.2) is 18.6 Å². The van der Waals surface area contributed by atoms with Gasteiger partial charge in [-0.1, -0.05) is 23.2 Å². The zero-order valence-electron chi connectivity index (χ0n) is 13.6. The Balaban J connectivity index is 1.72. The molecule has 0 unspecified atom stereocenters. The van der Waals surface area contributed by atoms with Crippen LogP contribution in [0.4, 0.5) is 11.4 Å². The molecule has 8 heteroatoms. The molecule has 0 bridgehead atoms. The molecule has 0 saturated heterocycles. The molecule has 2 aromatic rings. The van der Waals surface area contributed by atoms with Gasteiger partial charge < -0.3 is 20.1 Å². The van der Waals surface area contributed by atoms with Crippen LogP contribution in [0.2, 0.25) is 10.0 Å². The third kappa shape index (κ3) is 4.28. The predicted octanol–water partition coefficient (Wildman–Crippen LogP) is 4.33. The van der Waals surface area contributed by atoms with Gasteiger partial charge in [-0.25, -0.2) is 0 Å². The van der Waals surface area contributed by atoms with Crippen molar-refractivity contribution in [2.45, 2.75) is 6.92 Å². The van der Waals surface area contributed by atoms with Crippen LogP contribution in [0.5, 0.6) is 11.5 Å². The Kier molecular flexibility index (Phi) is 5.35. The number of halogens is 2. The van der Waals surface area contributed by atoms with Crippen molar-refractivity contribution < 1.29 is 19.1 Å². The molecule has 2 N–H and O–H groups in total. The lowest BCUT2D eigenvalue weighted by molar-refractivity contribution is -0.114. The van der Waals surface area contributed by atoms with Gasteiger partial charge in [0.1, 0.15) is 0 Å². The van der Waals surface area contributed by atoms with Crippen molar-refractivity contribution in [3.8, 4) is 11.5 Å². The molecule has 6 nitrogen and oxygen atoms in total. The summed E-state index contributed by atoms with van der Waals surface area (Å²) in [6.07, 6.45) is 2.93. The summed E-state index contributed by atoms with van der Waals surface area (Å²) >= 11 is 12.2. The molecule has 0 radical (unpaired) electrons. The van der Waals surface area contributed by atoms with Crippen molar-refractivity contribution in [1.29, 1.82) is 0 Å². The zero-order valence-corrected chi connectivity index (χ0v) is 15.1. The highest BCUT2D eigenvalue weighted by atomic mass is 35.5. The summed E-state index contributed by atoms with van der Waals surface area (Å²) in [4.78, 5) is 23.3. The molecule has 26 heavy (non-hydrogen) atoms. The SMILES string of the molecule is CC(=O)Nc1ccc(Cl)c(NC(=O)C=Cc2cc(Cl)c3c(c2)OCO3)c1. The van der Waals surface area contributed by atoms with Crippen LogP contribution in [-0.2, 0) is 9.59 Å². The van der Waals surface area contributed by atoms with E-state index >= 15 is 0 Å². The minimum Gasteiger partial charge on any atom is -0.454 e. The van der Waals surface area contributed by atoms with Crippen LogP contribution in [0.25, 0.3) is 6.08 Å². The number of anilines is 2. The maximum Gasteiger partial charge on any atom is 0.248 e. The van der Waals surface area contributed by atoms with E-state index in [0.717, 1.165) is 0 Å². The summed E-state index contributed by atoms with van der Waals surface area (Å²) < 4.78 is 10.5. The largest absolute Gasteiger partial charge is 0.454 e. The fourth-order valence-electron chi connectivity index (χ4n) is 2.33. The average molecular weight is 393 g/mol. The minimum atomic E-state index is -0.388. The van der Waals surface area contributed by atoms with E-state index < -0.39 is 0 Å². The second-order valence-electron chi connectivity index (χ2n) is 5.43. The van der Waals surface area contributed by atoms with Crippen molar-refractivity contribution in [3.05, 3.63) is 52.0 Å². The van der Waals surface area contributed by atoms with E-state index in [-0.39, 0.29) is 18.6 Å². The fourth-order valence-corrected chi connectivity index (χ4v) is 2.77. The molecule has 0 saturated carbocycles. The van der Waals surface area contributed by atoms with Gasteiger partial charge in [0.15, 0.2) is 11.5 Å². The van der Waals surface area contributed by atoms with Crippen LogP contribution in [0.15, 0.2) is 36.4 Å². The first-order valence-electron chi connectivity index (χ1n) is 7.58. The second kappa shape index (κ2) is 7.68. The molecule has 0 atom stereocenters. The molecule has 0 spiro atoms. The second-order valence-corrected chi connectivity index (χ2v) is 6.25. The van der Waals surface area contributed by atoms with Gasteiger partial charge in [0.25, 0.3) is 0 Å². The molecular weight excluding hydrogens is 379 g/mol. The summed E-state index contributed by atoms with van der Waals surface area (Å²) in [5.74, 6) is 0.420. The highest BCUT2D eigenvalue weighted by Crippen LogP contribution is 2.40. The van der Waals surface area contributed by atoms with E-state index in [0.29, 0.717) is 38.5 Å². The quantitative estimate of drug-likeness (QED) is 0.758. The maximum atomic E-state index is 12.2. The molecule has 2 amide bonds. The smallest absolute Gasteiger partial charge is 0.248 e. The van der Waals surface area contributed by atoms with Gasteiger partial charge in [0.2, 0.25) is 18.6 Å². The van der Waals surface area contributed by atoms with E-state index in [1.807, 2.05) is 0 Å². The first kappa shape index (κ1) is 18.1. The van der Waals surface area contributed by atoms with Crippen molar-refractivity contribution in [2.24, 2.45) is 0 Å². The summed E-state index contributed by atoms with van der Waals surface area (Å²) in [5, 5.41) is 6.05. The Labute approximate surface area is 159 Å². The van der Waals surface area contributed by atoms with Gasteiger partial charge in [0, 0.05) is 18.7 Å². The van der Waals surface area contributed by atoms with Crippen LogP contribution >= 0.6 is 23.2 Å². The van der Waals surface area contributed by atoms with Crippen LogP contribution in [0, 0.1) is 0 Å². The zero-order chi connectivity index (χ0) is 18.7. The van der Waals surface area contributed by atoms with Gasteiger partial charge in [-0.05, 0) is 42.0 Å². The monoisotopic (exact) mass is 392 g/mol. The highest BCUT2D eigenvalue weighted by molar-refractivity contribution is 6.34. The van der Waals surface area contributed by atoms with E-state index in [4.69, 9.17) is 32.7 Å². The van der Waals surface area contributed by atoms with Gasteiger partial charge in [-0.15, -0.1) is 0 Å². The lowest BCUT2D eigenvalue weighted by Crippen LogP contribution is -2.10. The molecule has 134 valence electrons. The third-order valence-corrected chi connectivity index (χ3v) is 4.03. The first-order chi connectivity index (χ1) is 12.4. The van der Waals surface area contributed by atoms with Crippen molar-refractivity contribution in [1.82, 2.24) is 0 Å². The number of nitrogens with one attached hydrogen (secondary N) is 2. The lowest BCUT2D eigenvalue weighted by atomic mass is 10.2. The Bertz CT molecular complexity index is 912. The number of hydrogen-bond acceptors (Lipinski definition) is 4. The average Bonchev–Trinajstić information content (AvgIpc) is 3.05. The summed E-state index contributed by atoms with van der Waals surface area (Å²) in [5.41, 5.74) is 1.60. The third-order valence-electron chi connectivity index (χ3n) is 3.42. The molecule has 2 aromatic carbocycles. The lowest BCUT2D eigenvalue weighted by Gasteiger charge is -2.08. The highest BCUT2D eigenvalue weighted by Gasteiger charge is 2.17. The van der Waals surface area contributed by atoms with Gasteiger partial charge in [-0.2, -0.15) is 0 Å². The number of fused-ring (bicyclic) bond motifs is 1. The Morgan fingerprint density at radius 1 is 1.08 bits per heavy atom. The van der Waals surface area contributed by atoms with Gasteiger partial charge in [-0.3, -0.25) is 9.59 Å². The van der Waals surface area contributed by atoms with Crippen LogP contribution in [0.3, 0.4) is 0 Å². The van der Waals surface area contributed by atoms with Crippen molar-refractivity contribution in [2.75, 3.05) is 17.4 Å². The Morgan fingerprint density at radius 3 is 2.65 bits per heavy atom. The van der Waals surface area contributed by atoms with Crippen LogP contribution < -0.4 is 20.1 Å². The standard InChI is InChI=1S/C18H14Cl2N2O4/c1-10(23)21-12-3-4-13(19)15(8-12)22-17(24)5-2-11-6-14(20)18-16(7-11)25-9-26-18/h2-8H,9H2,1H3,(H,21,23)(H,22,24). The minimum absolute atomic E-state index is 0.117. The fraction of sp³-hybridized carbons (Fsp3) is 0.111. The topological polar surface area (TPSA) is 76.7 Å². The summed E-state index contributed by atoms with van der Waals surface area (Å²) in [6, 6.07) is 8.20. The van der Waals surface area contributed by atoms with Crippen LogP contribution in [0.1, 0.15) is 12.5 Å². The van der Waals surface area contributed by atoms with Crippen molar-refractivity contribution >= 4 is 52.5 Å². The summed E-state index contributed by atoms with van der Waals surface area (Å²) in [7, 11) is 0. The number of hydrogen-bond donors (Lipinski definition) is 2. The van der Waals surface area contributed by atoms with E-state index in [1.165, 1.54) is 13.0 Å². The number of carbonyl (C=O) groups excluding carboxylic acids is 2. The number of benzene rings is 2. The maximum absolute atomic E-state index is 12.2. The molecule has 1 heterocycles. The number of amides is 2.